The number of amides is 1. The molecule has 5 rings (SSSR count). The van der Waals surface area contributed by atoms with E-state index in [9.17, 15) is 14.7 Å². The second kappa shape index (κ2) is 8.37. The number of nitrogens with zero attached hydrogens (tertiary/aromatic N) is 2. The number of aliphatic hydroxyl groups excluding tert-OH is 1. The fraction of sp³-hybridized carbons (Fsp3) is 0.192. The van der Waals surface area contributed by atoms with E-state index in [1.54, 1.807) is 54.7 Å². The van der Waals surface area contributed by atoms with Gasteiger partial charge in [-0.15, -0.1) is 0 Å². The number of Topliss-reactive ketones (excluding diaryl/α,β-unsaturated/α-hetero) is 1. The zero-order valence-electron chi connectivity index (χ0n) is 17.9. The minimum Gasteiger partial charge on any atom is -0.507 e. The number of carbonyl (C=O) groups is 2. The van der Waals surface area contributed by atoms with Crippen molar-refractivity contribution < 1.29 is 19.4 Å². The fourth-order valence-electron chi connectivity index (χ4n) is 4.40. The van der Waals surface area contributed by atoms with E-state index in [0.29, 0.717) is 28.6 Å². The van der Waals surface area contributed by atoms with Crippen LogP contribution in [0, 0.1) is 6.92 Å². The van der Waals surface area contributed by atoms with Crippen LogP contribution in [-0.4, -0.2) is 28.4 Å². The average molecular weight is 461 g/mol. The Balaban J connectivity index is 1.71. The van der Waals surface area contributed by atoms with Gasteiger partial charge in [-0.25, -0.2) is 0 Å². The van der Waals surface area contributed by atoms with Crippen molar-refractivity contribution in [2.24, 2.45) is 0 Å². The number of benzene rings is 2. The van der Waals surface area contributed by atoms with Crippen LogP contribution in [0.25, 0.3) is 5.76 Å². The quantitative estimate of drug-likeness (QED) is 0.338. The van der Waals surface area contributed by atoms with Gasteiger partial charge in [0.1, 0.15) is 17.6 Å². The van der Waals surface area contributed by atoms with Gasteiger partial charge in [-0.1, -0.05) is 23.7 Å². The third-order valence-electron chi connectivity index (χ3n) is 6.03. The smallest absolute Gasteiger partial charge is 0.300 e. The van der Waals surface area contributed by atoms with E-state index < -0.39 is 17.7 Å². The Kier molecular flexibility index (Phi) is 5.38. The largest absolute Gasteiger partial charge is 0.507 e. The maximum Gasteiger partial charge on any atom is 0.300 e. The first kappa shape index (κ1) is 21.2. The molecule has 1 atom stereocenters. The Morgan fingerprint density at radius 3 is 2.79 bits per heavy atom. The van der Waals surface area contributed by atoms with E-state index in [1.165, 1.54) is 4.90 Å². The summed E-state index contributed by atoms with van der Waals surface area (Å²) >= 11 is 6.22. The number of halogens is 1. The summed E-state index contributed by atoms with van der Waals surface area (Å²) in [5.41, 5.74) is 3.15. The van der Waals surface area contributed by atoms with Crippen LogP contribution in [0.15, 0.2) is 66.4 Å². The molecular weight excluding hydrogens is 440 g/mol. The average Bonchev–Trinajstić information content (AvgIpc) is 3.10. The van der Waals surface area contributed by atoms with Crippen LogP contribution in [-0.2, 0) is 16.0 Å². The second-order valence-corrected chi connectivity index (χ2v) is 8.57. The van der Waals surface area contributed by atoms with Crippen molar-refractivity contribution in [1.82, 2.24) is 4.98 Å². The molecular formula is C26H21ClN2O4. The number of hydrogen-bond donors (Lipinski definition) is 1. The van der Waals surface area contributed by atoms with Crippen LogP contribution < -0.4 is 9.64 Å². The Morgan fingerprint density at radius 1 is 1.15 bits per heavy atom. The van der Waals surface area contributed by atoms with Crippen LogP contribution in [0.3, 0.4) is 0 Å². The van der Waals surface area contributed by atoms with Gasteiger partial charge in [-0.2, -0.15) is 0 Å². The first-order chi connectivity index (χ1) is 16.0. The number of fused-ring (bicyclic) bond motifs is 1. The van der Waals surface area contributed by atoms with E-state index in [-0.39, 0.29) is 11.3 Å². The number of ether oxygens (including phenoxy) is 1. The lowest BCUT2D eigenvalue weighted by Crippen LogP contribution is -2.30. The van der Waals surface area contributed by atoms with Crippen molar-refractivity contribution in [1.29, 1.82) is 0 Å². The van der Waals surface area contributed by atoms with Gasteiger partial charge < -0.3 is 9.84 Å². The van der Waals surface area contributed by atoms with E-state index in [4.69, 9.17) is 16.3 Å². The highest BCUT2D eigenvalue weighted by Gasteiger charge is 2.48. The zero-order valence-corrected chi connectivity index (χ0v) is 18.7. The summed E-state index contributed by atoms with van der Waals surface area (Å²) in [6.07, 6.45) is 3.29. The molecule has 2 aliphatic heterocycles. The normalized spacial score (nSPS) is 19.3. The molecule has 1 N–H and O–H groups in total. The highest BCUT2D eigenvalue weighted by atomic mass is 35.5. The Hall–Kier alpha value is -3.64. The minimum absolute atomic E-state index is 0.00486. The summed E-state index contributed by atoms with van der Waals surface area (Å²) in [6.45, 7) is 2.49. The number of aromatic nitrogens is 1. The number of hydrogen-bond acceptors (Lipinski definition) is 5. The number of pyridine rings is 1. The molecule has 1 aromatic heterocycles. The molecule has 0 radical (unpaired) electrons. The number of aryl methyl sites for hydroxylation is 2. The topological polar surface area (TPSA) is 79.7 Å². The third kappa shape index (κ3) is 3.66. The van der Waals surface area contributed by atoms with Crippen molar-refractivity contribution in [3.05, 3.63) is 93.8 Å². The van der Waals surface area contributed by atoms with Gasteiger partial charge in [-0.05, 0) is 73.4 Å². The molecule has 33 heavy (non-hydrogen) atoms. The Labute approximate surface area is 196 Å². The molecule has 166 valence electrons. The maximum absolute atomic E-state index is 13.3. The second-order valence-electron chi connectivity index (χ2n) is 8.13. The Bertz CT molecular complexity index is 1300. The van der Waals surface area contributed by atoms with E-state index in [1.807, 2.05) is 13.0 Å². The third-order valence-corrected chi connectivity index (χ3v) is 6.26. The summed E-state index contributed by atoms with van der Waals surface area (Å²) in [7, 11) is 0. The maximum atomic E-state index is 13.3. The molecule has 0 spiro atoms. The molecule has 3 heterocycles. The summed E-state index contributed by atoms with van der Waals surface area (Å²) < 4.78 is 5.66. The predicted octanol–water partition coefficient (Wildman–Crippen LogP) is 4.99. The van der Waals surface area contributed by atoms with Gasteiger partial charge in [0.2, 0.25) is 0 Å². The highest BCUT2D eigenvalue weighted by molar-refractivity contribution is 6.52. The van der Waals surface area contributed by atoms with E-state index >= 15 is 0 Å². The van der Waals surface area contributed by atoms with Crippen molar-refractivity contribution >= 4 is 34.7 Å². The van der Waals surface area contributed by atoms with Crippen LogP contribution >= 0.6 is 11.6 Å². The summed E-state index contributed by atoms with van der Waals surface area (Å²) in [6, 6.07) is 14.8. The van der Waals surface area contributed by atoms with Gasteiger partial charge in [0.05, 0.1) is 17.9 Å². The fourth-order valence-corrected chi connectivity index (χ4v) is 4.57. The first-order valence-corrected chi connectivity index (χ1v) is 11.1. The molecule has 1 amide bonds. The molecule has 1 saturated heterocycles. The van der Waals surface area contributed by atoms with E-state index in [2.05, 4.69) is 4.98 Å². The monoisotopic (exact) mass is 460 g/mol. The zero-order chi connectivity index (χ0) is 23.1. The Morgan fingerprint density at radius 2 is 2.00 bits per heavy atom. The molecule has 0 bridgehead atoms. The van der Waals surface area contributed by atoms with Crippen LogP contribution in [0.2, 0.25) is 5.02 Å². The molecule has 2 aliphatic rings. The molecule has 1 unspecified atom stereocenters. The van der Waals surface area contributed by atoms with Gasteiger partial charge in [-0.3, -0.25) is 19.5 Å². The molecule has 2 aromatic carbocycles. The van der Waals surface area contributed by atoms with Gasteiger partial charge in [0, 0.05) is 22.5 Å². The van der Waals surface area contributed by atoms with Crippen molar-refractivity contribution in [2.75, 3.05) is 11.5 Å². The first-order valence-electron chi connectivity index (χ1n) is 10.7. The van der Waals surface area contributed by atoms with Gasteiger partial charge >= 0.3 is 0 Å². The lowest BCUT2D eigenvalue weighted by atomic mass is 9.96. The summed E-state index contributed by atoms with van der Waals surface area (Å²) in [5.74, 6) is -0.969. The number of carbonyl (C=O) groups excluding carboxylic acids is 2. The van der Waals surface area contributed by atoms with Gasteiger partial charge in [0.25, 0.3) is 11.7 Å². The lowest BCUT2D eigenvalue weighted by Gasteiger charge is -2.26. The molecule has 0 aliphatic carbocycles. The molecule has 3 aromatic rings. The summed E-state index contributed by atoms with van der Waals surface area (Å²) in [5, 5.41) is 11.8. The number of rotatable bonds is 3. The predicted molar refractivity (Wildman–Crippen MR) is 125 cm³/mol. The number of ketones is 1. The minimum atomic E-state index is -0.893. The molecule has 1 fully saturated rings. The van der Waals surface area contributed by atoms with Crippen LogP contribution in [0.4, 0.5) is 5.69 Å². The van der Waals surface area contributed by atoms with Crippen LogP contribution in [0.1, 0.15) is 34.8 Å². The van der Waals surface area contributed by atoms with Gasteiger partial charge in [0.15, 0.2) is 0 Å². The van der Waals surface area contributed by atoms with Crippen LogP contribution in [0.5, 0.6) is 5.75 Å². The number of anilines is 1. The molecule has 7 heteroatoms. The molecule has 6 nitrogen and oxygen atoms in total. The SMILES string of the molecule is Cc1ccc(Cl)cc1N1C(=O)C(=O)/C(=C(\O)c2ccc3c(c2)CCCO3)C1c1ccccn1. The standard InChI is InChI=1S/C26H21ClN2O4/c1-15-7-9-18(27)14-20(15)29-23(19-6-2-3-11-28-19)22(25(31)26(29)32)24(30)17-8-10-21-16(13-17)5-4-12-33-21/h2-3,6-11,13-14,23,30H,4-5,12H2,1H3/b24-22-. The summed E-state index contributed by atoms with van der Waals surface area (Å²) in [4.78, 5) is 32.3. The van der Waals surface area contributed by atoms with Crippen molar-refractivity contribution in [3.8, 4) is 5.75 Å². The van der Waals surface area contributed by atoms with Crippen molar-refractivity contribution in [3.63, 3.8) is 0 Å². The van der Waals surface area contributed by atoms with Crippen molar-refractivity contribution in [2.45, 2.75) is 25.8 Å². The van der Waals surface area contributed by atoms with E-state index in [0.717, 1.165) is 29.7 Å². The lowest BCUT2D eigenvalue weighted by molar-refractivity contribution is -0.132. The molecule has 0 saturated carbocycles. The highest BCUT2D eigenvalue weighted by Crippen LogP contribution is 2.43. The number of aliphatic hydroxyl groups is 1.